The van der Waals surface area contributed by atoms with Gasteiger partial charge in [0.25, 0.3) is 0 Å². The smallest absolute Gasteiger partial charge is 0.322 e. The summed E-state index contributed by atoms with van der Waals surface area (Å²) in [6.07, 6.45) is 5.25. The highest BCUT2D eigenvalue weighted by molar-refractivity contribution is 5.94. The Morgan fingerprint density at radius 1 is 0.935 bits per heavy atom. The molecule has 0 aliphatic heterocycles. The zero-order valence-corrected chi connectivity index (χ0v) is 17.5. The van der Waals surface area contributed by atoms with Crippen molar-refractivity contribution < 1.29 is 14.8 Å². The molecule has 7 heteroatoms. The van der Waals surface area contributed by atoms with Crippen LogP contribution in [0.3, 0.4) is 0 Å². The number of carbonyl (C=O) groups excluding carboxylic acids is 2. The molecule has 0 aliphatic carbocycles. The number of aromatic nitrogens is 1. The van der Waals surface area contributed by atoms with Crippen LogP contribution in [-0.4, -0.2) is 28.7 Å². The number of nitrogens with zero attached hydrogens (tertiary/aromatic N) is 2. The maximum Gasteiger partial charge on any atom is 0.322 e. The van der Waals surface area contributed by atoms with Crippen molar-refractivity contribution in [1.82, 2.24) is 15.8 Å². The van der Waals surface area contributed by atoms with E-state index in [9.17, 15) is 9.59 Å². The fraction of sp³-hybridized carbons (Fsp3) is 0.292. The topological polar surface area (TPSA) is 94.6 Å². The van der Waals surface area contributed by atoms with Crippen LogP contribution in [0.2, 0.25) is 0 Å². The Labute approximate surface area is 182 Å². The number of amides is 3. The van der Waals surface area contributed by atoms with Gasteiger partial charge in [0.15, 0.2) is 0 Å². The molecule has 0 saturated carbocycles. The number of pyridine rings is 1. The molecule has 0 spiro atoms. The molecular formula is C24H28N4O3. The van der Waals surface area contributed by atoms with Crippen molar-refractivity contribution in [2.45, 2.75) is 38.6 Å². The Morgan fingerprint density at radius 2 is 1.68 bits per heavy atom. The van der Waals surface area contributed by atoms with Crippen LogP contribution in [0, 0.1) is 0 Å². The number of para-hydroxylation sites is 1. The van der Waals surface area contributed by atoms with Crippen LogP contribution in [0.5, 0.6) is 0 Å². The molecule has 3 N–H and O–H groups in total. The molecule has 162 valence electrons. The number of hydroxylamine groups is 1. The summed E-state index contributed by atoms with van der Waals surface area (Å²) in [5, 5.41) is 12.5. The lowest BCUT2D eigenvalue weighted by atomic mass is 10.1. The van der Waals surface area contributed by atoms with Crippen LogP contribution in [-0.2, 0) is 11.3 Å². The van der Waals surface area contributed by atoms with Crippen molar-refractivity contribution in [3.8, 4) is 0 Å². The first-order valence-corrected chi connectivity index (χ1v) is 10.5. The van der Waals surface area contributed by atoms with Gasteiger partial charge >= 0.3 is 6.03 Å². The van der Waals surface area contributed by atoms with Gasteiger partial charge in [0, 0.05) is 24.9 Å². The summed E-state index contributed by atoms with van der Waals surface area (Å²) >= 11 is 0. The summed E-state index contributed by atoms with van der Waals surface area (Å²) in [4.78, 5) is 30.3. The third-order valence-corrected chi connectivity index (χ3v) is 5.08. The molecule has 1 aromatic heterocycles. The van der Waals surface area contributed by atoms with Gasteiger partial charge in [-0.3, -0.25) is 19.9 Å². The number of nitrogens with one attached hydrogen (secondary N) is 2. The second kappa shape index (κ2) is 11.7. The quantitative estimate of drug-likeness (QED) is 0.257. The van der Waals surface area contributed by atoms with Crippen molar-refractivity contribution >= 4 is 28.5 Å². The Kier molecular flexibility index (Phi) is 8.37. The van der Waals surface area contributed by atoms with Crippen molar-refractivity contribution in [2.75, 3.05) is 11.4 Å². The minimum atomic E-state index is -0.371. The Morgan fingerprint density at radius 3 is 2.48 bits per heavy atom. The van der Waals surface area contributed by atoms with E-state index in [0.717, 1.165) is 41.4 Å². The number of hydrogen-bond donors (Lipinski definition) is 3. The first-order chi connectivity index (χ1) is 15.2. The number of hydrogen-bond acceptors (Lipinski definition) is 4. The highest BCUT2D eigenvalue weighted by Gasteiger charge is 2.16. The Balaban J connectivity index is 1.64. The van der Waals surface area contributed by atoms with E-state index >= 15 is 0 Å². The summed E-state index contributed by atoms with van der Waals surface area (Å²) in [6, 6.07) is 19.4. The van der Waals surface area contributed by atoms with Crippen LogP contribution in [0.1, 0.15) is 37.7 Å². The van der Waals surface area contributed by atoms with Gasteiger partial charge in [0.05, 0.1) is 17.4 Å². The van der Waals surface area contributed by atoms with E-state index in [0.29, 0.717) is 25.9 Å². The van der Waals surface area contributed by atoms with Crippen LogP contribution < -0.4 is 15.7 Å². The Bertz CT molecular complexity index is 994. The van der Waals surface area contributed by atoms with Gasteiger partial charge in [-0.15, -0.1) is 0 Å². The number of anilines is 1. The van der Waals surface area contributed by atoms with E-state index in [-0.39, 0.29) is 11.9 Å². The van der Waals surface area contributed by atoms with E-state index in [1.807, 2.05) is 60.7 Å². The lowest BCUT2D eigenvalue weighted by molar-refractivity contribution is -0.129. The monoisotopic (exact) mass is 420 g/mol. The van der Waals surface area contributed by atoms with Gasteiger partial charge in [0.1, 0.15) is 0 Å². The molecule has 0 saturated heterocycles. The summed E-state index contributed by atoms with van der Waals surface area (Å²) < 4.78 is 0. The van der Waals surface area contributed by atoms with Gasteiger partial charge in [0.2, 0.25) is 5.91 Å². The molecule has 1 heterocycles. The molecule has 0 aliphatic rings. The average molecular weight is 421 g/mol. The molecule has 0 radical (unpaired) electrons. The molecule has 0 unspecified atom stereocenters. The van der Waals surface area contributed by atoms with Crippen molar-refractivity contribution in [1.29, 1.82) is 0 Å². The molecule has 0 fully saturated rings. The molecular weight excluding hydrogens is 392 g/mol. The SMILES string of the molecule is O=C(CCCCCCN(C(=O)NCc1ccccc1)c1cnc2ccccc2c1)NO. The second-order valence-corrected chi connectivity index (χ2v) is 7.38. The first kappa shape index (κ1) is 22.2. The molecule has 0 bridgehead atoms. The molecule has 31 heavy (non-hydrogen) atoms. The molecule has 2 aromatic carbocycles. The first-order valence-electron chi connectivity index (χ1n) is 10.5. The zero-order valence-electron chi connectivity index (χ0n) is 17.5. The molecule has 3 aromatic rings. The maximum atomic E-state index is 13.0. The fourth-order valence-electron chi connectivity index (χ4n) is 3.39. The number of urea groups is 1. The van der Waals surface area contributed by atoms with Gasteiger partial charge in [-0.05, 0) is 30.5 Å². The minimum absolute atomic E-state index is 0.166. The fourth-order valence-corrected chi connectivity index (χ4v) is 3.39. The predicted octanol–water partition coefficient (Wildman–Crippen LogP) is 4.41. The number of rotatable bonds is 10. The van der Waals surface area contributed by atoms with Crippen molar-refractivity contribution in [3.63, 3.8) is 0 Å². The van der Waals surface area contributed by atoms with E-state index in [2.05, 4.69) is 10.3 Å². The lowest BCUT2D eigenvalue weighted by Crippen LogP contribution is -2.40. The normalized spacial score (nSPS) is 10.6. The molecule has 0 atom stereocenters. The highest BCUT2D eigenvalue weighted by Crippen LogP contribution is 2.21. The van der Waals surface area contributed by atoms with Crippen LogP contribution >= 0.6 is 0 Å². The third kappa shape index (κ3) is 6.79. The maximum absolute atomic E-state index is 13.0. The summed E-state index contributed by atoms with van der Waals surface area (Å²) in [5.41, 5.74) is 4.32. The van der Waals surface area contributed by atoms with Gasteiger partial charge in [-0.25, -0.2) is 10.3 Å². The van der Waals surface area contributed by atoms with Gasteiger partial charge in [-0.1, -0.05) is 61.4 Å². The lowest BCUT2D eigenvalue weighted by Gasteiger charge is -2.23. The van der Waals surface area contributed by atoms with Crippen molar-refractivity contribution in [2.24, 2.45) is 0 Å². The van der Waals surface area contributed by atoms with Crippen LogP contribution in [0.25, 0.3) is 10.9 Å². The van der Waals surface area contributed by atoms with Crippen LogP contribution in [0.15, 0.2) is 66.9 Å². The number of fused-ring (bicyclic) bond motifs is 1. The Hall–Kier alpha value is -3.45. The van der Waals surface area contributed by atoms with Crippen LogP contribution in [0.4, 0.5) is 10.5 Å². The largest absolute Gasteiger partial charge is 0.334 e. The van der Waals surface area contributed by atoms with E-state index in [1.54, 1.807) is 16.6 Å². The highest BCUT2D eigenvalue weighted by atomic mass is 16.5. The van der Waals surface area contributed by atoms with E-state index in [4.69, 9.17) is 5.21 Å². The number of carbonyl (C=O) groups is 2. The standard InChI is InChI=1S/C24H28N4O3/c29-23(27-31)14-6-1-2-9-15-28(24(30)26-17-19-10-4-3-5-11-19)21-16-20-12-7-8-13-22(20)25-18-21/h3-5,7-8,10-13,16,18,31H,1-2,6,9,14-15,17H2,(H,26,30)(H,27,29). The van der Waals surface area contributed by atoms with E-state index < -0.39 is 0 Å². The summed E-state index contributed by atoms with van der Waals surface area (Å²) in [7, 11) is 0. The summed E-state index contributed by atoms with van der Waals surface area (Å²) in [5.74, 6) is -0.371. The molecule has 3 amide bonds. The molecule has 3 rings (SSSR count). The zero-order chi connectivity index (χ0) is 21.9. The predicted molar refractivity (Wildman–Crippen MR) is 121 cm³/mol. The number of unbranched alkanes of at least 4 members (excludes halogenated alkanes) is 3. The summed E-state index contributed by atoms with van der Waals surface area (Å²) in [6.45, 7) is 1.00. The van der Waals surface area contributed by atoms with E-state index in [1.165, 1.54) is 0 Å². The van der Waals surface area contributed by atoms with Gasteiger partial charge in [-0.2, -0.15) is 0 Å². The average Bonchev–Trinajstić information content (AvgIpc) is 2.82. The van der Waals surface area contributed by atoms with Crippen molar-refractivity contribution in [3.05, 3.63) is 72.4 Å². The minimum Gasteiger partial charge on any atom is -0.334 e. The van der Waals surface area contributed by atoms with Gasteiger partial charge < -0.3 is 5.32 Å². The molecule has 7 nitrogen and oxygen atoms in total. The number of benzene rings is 2. The third-order valence-electron chi connectivity index (χ3n) is 5.08. The second-order valence-electron chi connectivity index (χ2n) is 7.38.